The number of nitrogens with one attached hydrogen (secondary N) is 1. The molecule has 0 fully saturated rings. The molecule has 0 aliphatic carbocycles. The highest BCUT2D eigenvalue weighted by Gasteiger charge is 2.25. The zero-order valence-electron chi connectivity index (χ0n) is 14.3. The molecule has 0 saturated heterocycles. The molecule has 1 aromatic carbocycles. The first-order chi connectivity index (χ1) is 11.6. The molecular weight excluding hydrogens is 300 g/mol. The van der Waals surface area contributed by atoms with Crippen LogP contribution < -0.4 is 5.32 Å². The molecule has 1 N–H and O–H groups in total. The first-order valence-electron chi connectivity index (χ1n) is 8.71. The van der Waals surface area contributed by atoms with E-state index in [-0.39, 0.29) is 17.7 Å². The Morgan fingerprint density at radius 3 is 2.62 bits per heavy atom. The van der Waals surface area contributed by atoms with E-state index >= 15 is 0 Å². The van der Waals surface area contributed by atoms with Gasteiger partial charge in [0.05, 0.1) is 17.3 Å². The van der Waals surface area contributed by atoms with Gasteiger partial charge in [-0.2, -0.15) is 0 Å². The maximum Gasteiger partial charge on any atom is 0.253 e. The van der Waals surface area contributed by atoms with Crippen molar-refractivity contribution in [1.29, 1.82) is 0 Å². The summed E-state index contributed by atoms with van der Waals surface area (Å²) < 4.78 is 2.03. The normalized spacial score (nSPS) is 14.8. The summed E-state index contributed by atoms with van der Waals surface area (Å²) in [6.07, 6.45) is 3.81. The molecular formula is C20H24N2O2. The molecule has 0 spiro atoms. The smallest absolute Gasteiger partial charge is 0.253 e. The predicted molar refractivity (Wildman–Crippen MR) is 94.3 cm³/mol. The Morgan fingerprint density at radius 1 is 1.21 bits per heavy atom. The van der Waals surface area contributed by atoms with Gasteiger partial charge < -0.3 is 9.88 Å². The van der Waals surface area contributed by atoms with E-state index in [9.17, 15) is 9.59 Å². The Hall–Kier alpha value is -2.36. The van der Waals surface area contributed by atoms with E-state index in [1.165, 1.54) is 0 Å². The van der Waals surface area contributed by atoms with Crippen LogP contribution in [-0.4, -0.2) is 16.3 Å². The number of benzene rings is 1. The number of rotatable bonds is 5. The second-order valence-corrected chi connectivity index (χ2v) is 6.40. The molecule has 0 unspecified atom stereocenters. The zero-order chi connectivity index (χ0) is 17.1. The van der Waals surface area contributed by atoms with Crippen molar-refractivity contribution in [2.75, 3.05) is 0 Å². The average Bonchev–Trinajstić information content (AvgIpc) is 3.00. The first kappa shape index (κ1) is 16.5. The molecule has 0 bridgehead atoms. The summed E-state index contributed by atoms with van der Waals surface area (Å²) in [5.74, 6) is -0.0591. The van der Waals surface area contributed by atoms with Crippen LogP contribution in [0.25, 0.3) is 0 Å². The van der Waals surface area contributed by atoms with Gasteiger partial charge in [0.15, 0.2) is 5.78 Å². The number of carbonyl (C=O) groups is 2. The van der Waals surface area contributed by atoms with Gasteiger partial charge in [0.25, 0.3) is 5.91 Å². The van der Waals surface area contributed by atoms with Crippen LogP contribution in [0.5, 0.6) is 0 Å². The Bertz CT molecular complexity index is 746. The van der Waals surface area contributed by atoms with Crippen molar-refractivity contribution in [3.05, 3.63) is 58.9 Å². The van der Waals surface area contributed by atoms with Crippen molar-refractivity contribution in [2.24, 2.45) is 0 Å². The Balaban J connectivity index is 1.88. The largest absolute Gasteiger partial charge is 0.345 e. The number of hydrogen-bond acceptors (Lipinski definition) is 2. The van der Waals surface area contributed by atoms with E-state index in [0.29, 0.717) is 11.3 Å². The lowest BCUT2D eigenvalue weighted by Gasteiger charge is -2.20. The third kappa shape index (κ3) is 3.14. The molecule has 1 aliphatic heterocycles. The number of fused-ring (bicyclic) bond motifs is 1. The fraction of sp³-hybridized carbons (Fsp3) is 0.400. The SMILES string of the molecule is CC[C@@H](NC(=O)c1cc(C(C)=O)n2c1CCCC2)c1ccccc1. The summed E-state index contributed by atoms with van der Waals surface area (Å²) >= 11 is 0. The van der Waals surface area contributed by atoms with Gasteiger partial charge in [0.1, 0.15) is 0 Å². The van der Waals surface area contributed by atoms with Gasteiger partial charge in [-0.15, -0.1) is 0 Å². The fourth-order valence-electron chi connectivity index (χ4n) is 3.51. The predicted octanol–water partition coefficient (Wildman–Crippen LogP) is 3.91. The summed E-state index contributed by atoms with van der Waals surface area (Å²) in [6.45, 7) is 4.46. The fourth-order valence-corrected chi connectivity index (χ4v) is 3.51. The van der Waals surface area contributed by atoms with E-state index in [1.807, 2.05) is 34.9 Å². The van der Waals surface area contributed by atoms with E-state index in [4.69, 9.17) is 0 Å². The second-order valence-electron chi connectivity index (χ2n) is 6.40. The summed E-state index contributed by atoms with van der Waals surface area (Å²) in [5, 5.41) is 3.14. The molecule has 2 aromatic rings. The molecule has 4 nitrogen and oxygen atoms in total. The number of nitrogens with zero attached hydrogens (tertiary/aromatic N) is 1. The lowest BCUT2D eigenvalue weighted by molar-refractivity contribution is 0.0933. The number of amides is 1. The van der Waals surface area contributed by atoms with Crippen molar-refractivity contribution in [1.82, 2.24) is 9.88 Å². The van der Waals surface area contributed by atoms with E-state index < -0.39 is 0 Å². The molecule has 24 heavy (non-hydrogen) atoms. The summed E-state index contributed by atoms with van der Waals surface area (Å²) in [6, 6.07) is 11.8. The maximum absolute atomic E-state index is 12.9. The van der Waals surface area contributed by atoms with E-state index in [1.54, 1.807) is 13.0 Å². The third-order valence-electron chi connectivity index (χ3n) is 4.77. The maximum atomic E-state index is 12.9. The van der Waals surface area contributed by atoms with Gasteiger partial charge in [-0.25, -0.2) is 0 Å². The summed E-state index contributed by atoms with van der Waals surface area (Å²) in [5.41, 5.74) is 3.43. The number of Topliss-reactive ketones (excluding diaryl/α,β-unsaturated/α-hetero) is 1. The quantitative estimate of drug-likeness (QED) is 0.848. The van der Waals surface area contributed by atoms with Crippen LogP contribution in [-0.2, 0) is 13.0 Å². The number of carbonyl (C=O) groups excluding carboxylic acids is 2. The Labute approximate surface area is 142 Å². The summed E-state index contributed by atoms with van der Waals surface area (Å²) in [7, 11) is 0. The first-order valence-corrected chi connectivity index (χ1v) is 8.71. The van der Waals surface area contributed by atoms with Crippen molar-refractivity contribution >= 4 is 11.7 Å². The Morgan fingerprint density at radius 2 is 1.96 bits per heavy atom. The van der Waals surface area contributed by atoms with E-state index in [0.717, 1.165) is 43.5 Å². The number of hydrogen-bond donors (Lipinski definition) is 1. The highest BCUT2D eigenvalue weighted by Crippen LogP contribution is 2.25. The third-order valence-corrected chi connectivity index (χ3v) is 4.77. The van der Waals surface area contributed by atoms with Gasteiger partial charge in [-0.1, -0.05) is 37.3 Å². The van der Waals surface area contributed by atoms with Crippen LogP contribution >= 0.6 is 0 Å². The number of aromatic nitrogens is 1. The topological polar surface area (TPSA) is 51.1 Å². The molecule has 1 aliphatic rings. The summed E-state index contributed by atoms with van der Waals surface area (Å²) in [4.78, 5) is 24.8. The zero-order valence-corrected chi connectivity index (χ0v) is 14.3. The molecule has 4 heteroatoms. The van der Waals surface area contributed by atoms with Crippen molar-refractivity contribution in [3.63, 3.8) is 0 Å². The highest BCUT2D eigenvalue weighted by atomic mass is 16.2. The molecule has 126 valence electrons. The van der Waals surface area contributed by atoms with Gasteiger partial charge >= 0.3 is 0 Å². The van der Waals surface area contributed by atoms with Crippen molar-refractivity contribution in [2.45, 2.75) is 52.1 Å². The molecule has 1 amide bonds. The van der Waals surface area contributed by atoms with Gasteiger partial charge in [-0.3, -0.25) is 9.59 Å². The van der Waals surface area contributed by atoms with Crippen LogP contribution in [0.15, 0.2) is 36.4 Å². The lowest BCUT2D eigenvalue weighted by atomic mass is 10.0. The minimum atomic E-state index is -0.0798. The van der Waals surface area contributed by atoms with Gasteiger partial charge in [0.2, 0.25) is 0 Å². The lowest BCUT2D eigenvalue weighted by Crippen LogP contribution is -2.29. The molecule has 2 heterocycles. The van der Waals surface area contributed by atoms with Crippen molar-refractivity contribution in [3.8, 4) is 0 Å². The molecule has 0 saturated carbocycles. The van der Waals surface area contributed by atoms with Crippen molar-refractivity contribution < 1.29 is 9.59 Å². The standard InChI is InChI=1S/C20H24N2O2/c1-3-17(15-9-5-4-6-10-15)21-20(24)16-13-19(14(2)23)22-12-8-7-11-18(16)22/h4-6,9-10,13,17H,3,7-8,11-12H2,1-2H3,(H,21,24)/t17-/m1/s1. The van der Waals surface area contributed by atoms with Gasteiger partial charge in [0, 0.05) is 19.2 Å². The average molecular weight is 324 g/mol. The van der Waals surface area contributed by atoms with Crippen LogP contribution in [0.2, 0.25) is 0 Å². The van der Waals surface area contributed by atoms with Crippen LogP contribution in [0.4, 0.5) is 0 Å². The van der Waals surface area contributed by atoms with Crippen LogP contribution in [0.3, 0.4) is 0 Å². The highest BCUT2D eigenvalue weighted by molar-refractivity contribution is 6.00. The minimum absolute atomic E-state index is 0.0152. The van der Waals surface area contributed by atoms with E-state index in [2.05, 4.69) is 12.2 Å². The molecule has 0 radical (unpaired) electrons. The van der Waals surface area contributed by atoms with Crippen LogP contribution in [0.1, 0.15) is 71.3 Å². The molecule has 1 atom stereocenters. The Kier molecular flexibility index (Phi) is 4.84. The molecule has 3 rings (SSSR count). The van der Waals surface area contributed by atoms with Crippen LogP contribution in [0, 0.1) is 0 Å². The second kappa shape index (κ2) is 7.04. The van der Waals surface area contributed by atoms with Gasteiger partial charge in [-0.05, 0) is 37.3 Å². The molecule has 1 aromatic heterocycles. The number of ketones is 1. The monoisotopic (exact) mass is 324 g/mol. The minimum Gasteiger partial charge on any atom is -0.345 e.